The van der Waals surface area contributed by atoms with Gasteiger partial charge in [-0.25, -0.2) is 4.18 Å². The van der Waals surface area contributed by atoms with Gasteiger partial charge in [0.25, 0.3) is 0 Å². The number of allylic oxidation sites excluding steroid dienone is 12. The van der Waals surface area contributed by atoms with Crippen LogP contribution in [-0.2, 0) is 38.3 Å². The first-order valence-electron chi connectivity index (χ1n) is 28.7. The molecule has 0 amide bonds. The molecule has 4 N–H and O–H groups in total. The number of rotatable bonds is 50. The van der Waals surface area contributed by atoms with E-state index in [0.29, 0.717) is 13.0 Å². The molecule has 0 aliphatic carbocycles. The topological polar surface area (TPSA) is 178 Å². The molecular weight excluding hydrogens is 933 g/mol. The fourth-order valence-electron chi connectivity index (χ4n) is 8.52. The molecule has 72 heavy (non-hydrogen) atoms. The average molecular weight is 1040 g/mol. The summed E-state index contributed by atoms with van der Waals surface area (Å²) in [5, 5.41) is 30.8. The average Bonchev–Trinajstić information content (AvgIpc) is 3.36. The second-order valence-electron chi connectivity index (χ2n) is 19.5. The Morgan fingerprint density at radius 2 is 0.958 bits per heavy atom. The number of aliphatic hydroxyl groups excluding tert-OH is 3. The highest BCUT2D eigenvalue weighted by molar-refractivity contribution is 7.80. The van der Waals surface area contributed by atoms with Crippen molar-refractivity contribution in [1.29, 1.82) is 0 Å². The highest BCUT2D eigenvalue weighted by Gasteiger charge is 2.48. The van der Waals surface area contributed by atoms with Crippen LogP contribution in [-0.4, -0.2) is 97.5 Å². The third-order valence-electron chi connectivity index (χ3n) is 12.8. The molecule has 1 saturated heterocycles. The molecule has 0 aromatic carbocycles. The highest BCUT2D eigenvalue weighted by Crippen LogP contribution is 2.26. The molecule has 6 atom stereocenters. The zero-order chi connectivity index (χ0) is 52.4. The van der Waals surface area contributed by atoms with Gasteiger partial charge >= 0.3 is 16.4 Å². The van der Waals surface area contributed by atoms with Gasteiger partial charge in [0.1, 0.15) is 30.5 Å². The number of unbranched alkanes of at least 4 members (excludes halogenated alkanes) is 25. The standard InChI is InChI=1S/C59H104O12S/c1-3-5-7-9-11-13-15-17-19-21-23-25-27-28-30-32-34-36-38-40-42-44-46-48-55(61)69-53(52-68-59-57(63)58(71-72(64,65)66)56(62)54(50-60)70-59)51-67-49-47-45-43-41-39-37-35-33-31-29-26-24-22-20-18-16-14-12-10-8-6-4-2/h6,8,12,14-15,17-18,20-21,23-24,26,53-54,56-60,62-63H,3-5,7,9-11,13,16,19,22,25,27-52H2,1-2H3,(H,64,65,66)/b8-6-,14-12-,17-15-,20-18-,23-21-,26-24-. The first-order chi connectivity index (χ1) is 35.1. The molecule has 0 radical (unpaired) electrons. The Morgan fingerprint density at radius 3 is 1.40 bits per heavy atom. The minimum atomic E-state index is -5.07. The number of carbonyl (C=O) groups excluding carboxylic acids is 1. The van der Waals surface area contributed by atoms with Gasteiger partial charge in [0.15, 0.2) is 6.29 Å². The lowest BCUT2D eigenvalue weighted by molar-refractivity contribution is -0.301. The summed E-state index contributed by atoms with van der Waals surface area (Å²) in [5.74, 6) is -0.404. The Labute approximate surface area is 439 Å². The first-order valence-corrected chi connectivity index (χ1v) is 30.1. The van der Waals surface area contributed by atoms with E-state index in [9.17, 15) is 33.1 Å². The van der Waals surface area contributed by atoms with E-state index in [0.717, 1.165) is 77.0 Å². The number of aliphatic hydroxyl groups is 3. The van der Waals surface area contributed by atoms with Crippen LogP contribution in [0.4, 0.5) is 0 Å². The van der Waals surface area contributed by atoms with E-state index >= 15 is 0 Å². The summed E-state index contributed by atoms with van der Waals surface area (Å²) >= 11 is 0. The Morgan fingerprint density at radius 1 is 0.542 bits per heavy atom. The summed E-state index contributed by atoms with van der Waals surface area (Å²) in [6.07, 6.45) is 56.4. The normalized spacial score (nSPS) is 19.4. The maximum Gasteiger partial charge on any atom is 0.397 e. The van der Waals surface area contributed by atoms with E-state index in [1.54, 1.807) is 0 Å². The molecule has 0 saturated carbocycles. The fourth-order valence-corrected chi connectivity index (χ4v) is 9.03. The minimum absolute atomic E-state index is 0.0285. The van der Waals surface area contributed by atoms with Gasteiger partial charge < -0.3 is 34.3 Å². The van der Waals surface area contributed by atoms with Gasteiger partial charge in [-0.15, -0.1) is 0 Å². The van der Waals surface area contributed by atoms with E-state index in [2.05, 4.69) is 90.9 Å². The molecule has 12 nitrogen and oxygen atoms in total. The minimum Gasteiger partial charge on any atom is -0.457 e. The monoisotopic (exact) mass is 1040 g/mol. The largest absolute Gasteiger partial charge is 0.457 e. The molecule has 6 unspecified atom stereocenters. The molecule has 1 fully saturated rings. The van der Waals surface area contributed by atoms with Gasteiger partial charge in [-0.1, -0.05) is 215 Å². The van der Waals surface area contributed by atoms with Crippen LogP contribution in [0.25, 0.3) is 0 Å². The van der Waals surface area contributed by atoms with E-state index in [-0.39, 0.29) is 19.6 Å². The third-order valence-corrected chi connectivity index (χ3v) is 13.3. The van der Waals surface area contributed by atoms with Crippen molar-refractivity contribution in [3.8, 4) is 0 Å². The molecule has 1 aliphatic heterocycles. The maximum absolute atomic E-state index is 13.0. The van der Waals surface area contributed by atoms with E-state index in [1.165, 1.54) is 128 Å². The highest BCUT2D eigenvalue weighted by atomic mass is 32.3. The molecule has 0 bridgehead atoms. The van der Waals surface area contributed by atoms with Crippen molar-refractivity contribution < 1.29 is 56.2 Å². The molecule has 1 aliphatic rings. The molecule has 1 rings (SSSR count). The lowest BCUT2D eigenvalue weighted by atomic mass is 9.99. The predicted octanol–water partition coefficient (Wildman–Crippen LogP) is 14.2. The molecular formula is C59H104O12S. The third kappa shape index (κ3) is 41.8. The maximum atomic E-state index is 13.0. The van der Waals surface area contributed by atoms with Crippen molar-refractivity contribution in [2.24, 2.45) is 0 Å². The van der Waals surface area contributed by atoms with Crippen LogP contribution in [0.15, 0.2) is 72.9 Å². The zero-order valence-electron chi connectivity index (χ0n) is 45.2. The van der Waals surface area contributed by atoms with Crippen LogP contribution < -0.4 is 0 Å². The van der Waals surface area contributed by atoms with Gasteiger partial charge in [-0.05, 0) is 83.5 Å². The molecule has 418 valence electrons. The van der Waals surface area contributed by atoms with Crippen molar-refractivity contribution in [1.82, 2.24) is 0 Å². The van der Waals surface area contributed by atoms with Crippen molar-refractivity contribution in [3.05, 3.63) is 72.9 Å². The van der Waals surface area contributed by atoms with E-state index < -0.39 is 59.8 Å². The van der Waals surface area contributed by atoms with Crippen molar-refractivity contribution >= 4 is 16.4 Å². The predicted molar refractivity (Wildman–Crippen MR) is 294 cm³/mol. The fraction of sp³-hybridized carbons (Fsp3) is 0.780. The van der Waals surface area contributed by atoms with Crippen LogP contribution in [0, 0.1) is 0 Å². The van der Waals surface area contributed by atoms with Gasteiger partial charge in [0.2, 0.25) is 0 Å². The van der Waals surface area contributed by atoms with Crippen LogP contribution in [0.1, 0.15) is 232 Å². The summed E-state index contributed by atoms with van der Waals surface area (Å²) < 4.78 is 59.4. The van der Waals surface area contributed by atoms with E-state index in [1.807, 2.05) is 0 Å². The molecule has 13 heteroatoms. The summed E-state index contributed by atoms with van der Waals surface area (Å²) in [4.78, 5) is 13.0. The van der Waals surface area contributed by atoms with Crippen LogP contribution >= 0.6 is 0 Å². The lowest BCUT2D eigenvalue weighted by Gasteiger charge is -2.41. The Balaban J connectivity index is 2.31. The zero-order valence-corrected chi connectivity index (χ0v) is 46.0. The molecule has 0 aromatic heterocycles. The number of hydrogen-bond acceptors (Lipinski definition) is 11. The molecule has 0 spiro atoms. The van der Waals surface area contributed by atoms with Crippen molar-refractivity contribution in [2.45, 2.75) is 269 Å². The summed E-state index contributed by atoms with van der Waals surface area (Å²) in [6.45, 7) is 3.88. The Hall–Kier alpha value is -2.46. The van der Waals surface area contributed by atoms with Crippen LogP contribution in [0.3, 0.4) is 0 Å². The van der Waals surface area contributed by atoms with Gasteiger partial charge in [0.05, 0.1) is 19.8 Å². The summed E-state index contributed by atoms with van der Waals surface area (Å²) in [7, 11) is -5.07. The molecule has 1 heterocycles. The van der Waals surface area contributed by atoms with Crippen LogP contribution in [0.5, 0.6) is 0 Å². The second kappa shape index (κ2) is 49.4. The number of esters is 1. The first kappa shape index (κ1) is 67.6. The van der Waals surface area contributed by atoms with Gasteiger partial charge in [-0.3, -0.25) is 9.35 Å². The van der Waals surface area contributed by atoms with Crippen LogP contribution in [0.2, 0.25) is 0 Å². The van der Waals surface area contributed by atoms with Gasteiger partial charge in [-0.2, -0.15) is 8.42 Å². The number of hydrogen-bond donors (Lipinski definition) is 4. The summed E-state index contributed by atoms with van der Waals surface area (Å²) in [5.41, 5.74) is 0. The smallest absolute Gasteiger partial charge is 0.397 e. The summed E-state index contributed by atoms with van der Waals surface area (Å²) in [6, 6.07) is 0. The van der Waals surface area contributed by atoms with Crippen molar-refractivity contribution in [3.63, 3.8) is 0 Å². The Kier molecular flexibility index (Phi) is 46.4. The van der Waals surface area contributed by atoms with Gasteiger partial charge in [0, 0.05) is 13.0 Å². The lowest BCUT2D eigenvalue weighted by Crippen LogP contribution is -2.60. The number of ether oxygens (including phenoxy) is 4. The van der Waals surface area contributed by atoms with E-state index in [4.69, 9.17) is 18.9 Å². The number of carbonyl (C=O) groups is 1. The SMILES string of the molecule is CC/C=C\C/C=C\C/C=C\C/C=C\CCCCCCCCCCCOCC(COC1OC(CO)C(O)C(OS(=O)(=O)O)C1O)OC(=O)CCCCCCCCCCCCC/C=C\C/C=C\CCCCCCC. The Bertz CT molecular complexity index is 1520. The van der Waals surface area contributed by atoms with Crippen molar-refractivity contribution in [2.75, 3.05) is 26.4 Å². The quantitative estimate of drug-likeness (QED) is 0.0196. The molecule has 0 aromatic rings. The second-order valence-corrected chi connectivity index (χ2v) is 20.5.